The molecule has 0 radical (unpaired) electrons. The van der Waals surface area contributed by atoms with E-state index in [-0.39, 0.29) is 6.04 Å². The van der Waals surface area contributed by atoms with Crippen molar-refractivity contribution >= 4 is 23.3 Å². The lowest BCUT2D eigenvalue weighted by Gasteiger charge is -2.24. The molecule has 7 heteroatoms. The van der Waals surface area contributed by atoms with Crippen molar-refractivity contribution in [3.05, 3.63) is 28.5 Å². The van der Waals surface area contributed by atoms with Gasteiger partial charge in [-0.25, -0.2) is 0 Å². The Hall–Kier alpha value is -1.34. The highest BCUT2D eigenvalue weighted by Crippen LogP contribution is 2.32. The number of fused-ring (bicyclic) bond motifs is 1. The molecule has 1 aromatic carbocycles. The summed E-state index contributed by atoms with van der Waals surface area (Å²) in [5.74, 6) is 0. The molecular formula is C13H14F3N3S. The second kappa shape index (κ2) is 4.89. The van der Waals surface area contributed by atoms with E-state index in [1.165, 1.54) is 6.07 Å². The Morgan fingerprint density at radius 3 is 2.55 bits per heavy atom. The topological polar surface area (TPSA) is 32.8 Å². The van der Waals surface area contributed by atoms with Gasteiger partial charge in [0, 0.05) is 6.04 Å². The molecule has 1 saturated heterocycles. The van der Waals surface area contributed by atoms with Crippen LogP contribution >= 0.6 is 12.2 Å². The van der Waals surface area contributed by atoms with Crippen molar-refractivity contribution in [2.75, 3.05) is 13.1 Å². The molecule has 3 rings (SSSR count). The fourth-order valence-electron chi connectivity index (χ4n) is 2.73. The van der Waals surface area contributed by atoms with Crippen molar-refractivity contribution in [3.63, 3.8) is 0 Å². The molecule has 0 atom stereocenters. The maximum atomic E-state index is 12.7. The van der Waals surface area contributed by atoms with Gasteiger partial charge in [-0.05, 0) is 56.3 Å². The lowest BCUT2D eigenvalue weighted by Crippen LogP contribution is -2.29. The summed E-state index contributed by atoms with van der Waals surface area (Å²) in [7, 11) is 0. The van der Waals surface area contributed by atoms with E-state index in [9.17, 15) is 13.2 Å². The molecule has 2 N–H and O–H groups in total. The molecule has 108 valence electrons. The molecule has 0 amide bonds. The van der Waals surface area contributed by atoms with Gasteiger partial charge in [0.1, 0.15) is 0 Å². The SMILES string of the molecule is FC(F)(F)c1ccc2c(c1)[nH]c(=S)n2C1CCNCC1. The Labute approximate surface area is 118 Å². The fourth-order valence-corrected chi connectivity index (χ4v) is 3.09. The average Bonchev–Trinajstić information content (AvgIpc) is 2.73. The van der Waals surface area contributed by atoms with E-state index in [0.29, 0.717) is 10.3 Å². The summed E-state index contributed by atoms with van der Waals surface area (Å²) < 4.78 is 40.6. The zero-order valence-electron chi connectivity index (χ0n) is 10.6. The number of aromatic amines is 1. The molecule has 2 heterocycles. The molecule has 1 aliphatic heterocycles. The second-order valence-electron chi connectivity index (χ2n) is 5.01. The van der Waals surface area contributed by atoms with Gasteiger partial charge in [0.15, 0.2) is 4.77 Å². The van der Waals surface area contributed by atoms with Gasteiger partial charge < -0.3 is 14.9 Å². The number of nitrogens with zero attached hydrogens (tertiary/aromatic N) is 1. The Bertz CT molecular complexity index is 680. The molecule has 0 aliphatic carbocycles. The number of hydrogen-bond acceptors (Lipinski definition) is 2. The van der Waals surface area contributed by atoms with Crippen LogP contribution in [-0.2, 0) is 6.18 Å². The normalized spacial score (nSPS) is 17.8. The summed E-state index contributed by atoms with van der Waals surface area (Å²) >= 11 is 5.28. The first-order valence-corrected chi connectivity index (χ1v) is 6.90. The fraction of sp³-hybridized carbons (Fsp3) is 0.462. The van der Waals surface area contributed by atoms with Crippen LogP contribution in [0.2, 0.25) is 0 Å². The van der Waals surface area contributed by atoms with E-state index in [1.807, 2.05) is 4.57 Å². The zero-order chi connectivity index (χ0) is 14.3. The zero-order valence-corrected chi connectivity index (χ0v) is 11.4. The molecule has 20 heavy (non-hydrogen) atoms. The van der Waals surface area contributed by atoms with Crippen LogP contribution in [0.5, 0.6) is 0 Å². The van der Waals surface area contributed by atoms with Crippen molar-refractivity contribution in [2.24, 2.45) is 0 Å². The second-order valence-corrected chi connectivity index (χ2v) is 5.40. The number of H-pyrrole nitrogens is 1. The minimum absolute atomic E-state index is 0.245. The molecule has 0 bridgehead atoms. The van der Waals surface area contributed by atoms with Crippen molar-refractivity contribution in [1.82, 2.24) is 14.9 Å². The van der Waals surface area contributed by atoms with Gasteiger partial charge in [-0.1, -0.05) is 0 Å². The molecule has 1 aromatic heterocycles. The summed E-state index contributed by atoms with van der Waals surface area (Å²) in [4.78, 5) is 2.89. The van der Waals surface area contributed by atoms with Gasteiger partial charge in [0.25, 0.3) is 0 Å². The van der Waals surface area contributed by atoms with Crippen LogP contribution in [0, 0.1) is 4.77 Å². The van der Waals surface area contributed by atoms with E-state index >= 15 is 0 Å². The lowest BCUT2D eigenvalue weighted by molar-refractivity contribution is -0.137. The molecule has 3 nitrogen and oxygen atoms in total. The minimum Gasteiger partial charge on any atom is -0.331 e. The van der Waals surface area contributed by atoms with Crippen molar-refractivity contribution in [1.29, 1.82) is 0 Å². The van der Waals surface area contributed by atoms with Crippen LogP contribution in [0.25, 0.3) is 11.0 Å². The van der Waals surface area contributed by atoms with E-state index < -0.39 is 11.7 Å². The highest BCUT2D eigenvalue weighted by Gasteiger charge is 2.31. The highest BCUT2D eigenvalue weighted by molar-refractivity contribution is 7.71. The number of halogens is 3. The van der Waals surface area contributed by atoms with Gasteiger partial charge >= 0.3 is 6.18 Å². The maximum Gasteiger partial charge on any atom is 0.416 e. The molecular weight excluding hydrogens is 287 g/mol. The van der Waals surface area contributed by atoms with Crippen LogP contribution < -0.4 is 5.32 Å². The summed E-state index contributed by atoms with van der Waals surface area (Å²) in [5.41, 5.74) is 0.539. The lowest BCUT2D eigenvalue weighted by atomic mass is 10.1. The molecule has 1 fully saturated rings. The number of benzene rings is 1. The monoisotopic (exact) mass is 301 g/mol. The number of aromatic nitrogens is 2. The van der Waals surface area contributed by atoms with E-state index in [2.05, 4.69) is 10.3 Å². The van der Waals surface area contributed by atoms with Gasteiger partial charge in [0.05, 0.1) is 16.6 Å². The van der Waals surface area contributed by atoms with Crippen LogP contribution in [-0.4, -0.2) is 22.6 Å². The Kier molecular flexibility index (Phi) is 3.33. The Balaban J connectivity index is 2.10. The van der Waals surface area contributed by atoms with Gasteiger partial charge in [0.2, 0.25) is 0 Å². The third-order valence-electron chi connectivity index (χ3n) is 3.72. The van der Waals surface area contributed by atoms with Crippen LogP contribution in [0.3, 0.4) is 0 Å². The number of nitrogens with one attached hydrogen (secondary N) is 2. The third kappa shape index (κ3) is 2.35. The maximum absolute atomic E-state index is 12.7. The number of hydrogen-bond donors (Lipinski definition) is 2. The van der Waals surface area contributed by atoms with Crippen LogP contribution in [0.1, 0.15) is 24.4 Å². The molecule has 0 spiro atoms. The summed E-state index contributed by atoms with van der Waals surface area (Å²) in [6.45, 7) is 1.81. The first-order chi connectivity index (χ1) is 9.47. The smallest absolute Gasteiger partial charge is 0.331 e. The van der Waals surface area contributed by atoms with Crippen LogP contribution in [0.4, 0.5) is 13.2 Å². The average molecular weight is 301 g/mol. The van der Waals surface area contributed by atoms with Crippen LogP contribution in [0.15, 0.2) is 18.2 Å². The number of imidazole rings is 1. The number of piperidine rings is 1. The first-order valence-electron chi connectivity index (χ1n) is 6.49. The predicted octanol–water partition coefficient (Wildman–Crippen LogP) is 3.64. The summed E-state index contributed by atoms with van der Waals surface area (Å²) in [6.07, 6.45) is -2.47. The van der Waals surface area contributed by atoms with Crippen molar-refractivity contribution in [2.45, 2.75) is 25.1 Å². The number of alkyl halides is 3. The summed E-state index contributed by atoms with van der Waals surface area (Å²) in [5, 5.41) is 3.27. The molecule has 0 saturated carbocycles. The third-order valence-corrected chi connectivity index (χ3v) is 4.02. The standard InChI is InChI=1S/C13H14F3N3S/c14-13(15,16)8-1-2-11-10(7-8)18-12(20)19(11)9-3-5-17-6-4-9/h1-2,7,9,17H,3-6H2,(H,18,20). The van der Waals surface area contributed by atoms with E-state index in [4.69, 9.17) is 12.2 Å². The largest absolute Gasteiger partial charge is 0.416 e. The van der Waals surface area contributed by atoms with Gasteiger partial charge in [-0.15, -0.1) is 0 Å². The van der Waals surface area contributed by atoms with Gasteiger partial charge in [-0.2, -0.15) is 13.2 Å². The predicted molar refractivity (Wildman–Crippen MR) is 73.3 cm³/mol. The van der Waals surface area contributed by atoms with E-state index in [1.54, 1.807) is 0 Å². The molecule has 0 unspecified atom stereocenters. The first kappa shape index (κ1) is 13.6. The van der Waals surface area contributed by atoms with Crippen molar-refractivity contribution < 1.29 is 13.2 Å². The molecule has 2 aromatic rings. The minimum atomic E-state index is -4.33. The van der Waals surface area contributed by atoms with E-state index in [0.717, 1.165) is 43.6 Å². The molecule has 1 aliphatic rings. The number of rotatable bonds is 1. The van der Waals surface area contributed by atoms with Crippen molar-refractivity contribution in [3.8, 4) is 0 Å². The quantitative estimate of drug-likeness (QED) is 0.788. The highest BCUT2D eigenvalue weighted by atomic mass is 32.1. The van der Waals surface area contributed by atoms with Gasteiger partial charge in [-0.3, -0.25) is 0 Å². The Morgan fingerprint density at radius 1 is 1.20 bits per heavy atom. The summed E-state index contributed by atoms with van der Waals surface area (Å²) in [6, 6.07) is 3.99. The Morgan fingerprint density at radius 2 is 1.90 bits per heavy atom.